The average Bonchev–Trinajstić information content (AvgIpc) is 2.31. The van der Waals surface area contributed by atoms with E-state index in [9.17, 15) is 14.5 Å². The van der Waals surface area contributed by atoms with Crippen molar-refractivity contribution in [1.29, 1.82) is 0 Å². The summed E-state index contributed by atoms with van der Waals surface area (Å²) in [4.78, 5) is 12.3. The van der Waals surface area contributed by atoms with Crippen LogP contribution in [0, 0.1) is 15.9 Å². The van der Waals surface area contributed by atoms with Crippen LogP contribution in [0.25, 0.3) is 0 Å². The van der Waals surface area contributed by atoms with Crippen molar-refractivity contribution in [2.24, 2.45) is 0 Å². The molecule has 0 atom stereocenters. The maximum Gasteiger partial charge on any atom is 0.274 e. The van der Waals surface area contributed by atoms with Crippen molar-refractivity contribution in [3.63, 3.8) is 0 Å². The molecular formula is C12H16FN3O2. The molecule has 0 amide bonds. The van der Waals surface area contributed by atoms with Crippen LogP contribution in [0.1, 0.15) is 12.8 Å². The maximum atomic E-state index is 13.3. The van der Waals surface area contributed by atoms with E-state index in [2.05, 4.69) is 17.3 Å². The number of hydrogen-bond acceptors (Lipinski definition) is 4. The minimum absolute atomic E-state index is 0.217. The van der Waals surface area contributed by atoms with Crippen LogP contribution in [0.15, 0.2) is 18.2 Å². The number of likely N-dealkylation sites (tertiary alicyclic amines) is 1. The fraction of sp³-hybridized carbons (Fsp3) is 0.500. The Bertz CT molecular complexity index is 445. The number of hydrogen-bond donors (Lipinski definition) is 1. The monoisotopic (exact) mass is 253 g/mol. The smallest absolute Gasteiger partial charge is 0.274 e. The molecule has 0 spiro atoms. The molecule has 1 aliphatic heterocycles. The topological polar surface area (TPSA) is 58.4 Å². The van der Waals surface area contributed by atoms with Gasteiger partial charge in [-0.25, -0.2) is 4.39 Å². The molecule has 5 nitrogen and oxygen atoms in total. The van der Waals surface area contributed by atoms with E-state index in [1.807, 2.05) is 0 Å². The molecule has 0 unspecified atom stereocenters. The predicted octanol–water partition coefficient (Wildman–Crippen LogP) is 2.24. The second kappa shape index (κ2) is 5.30. The van der Waals surface area contributed by atoms with Crippen LogP contribution in [-0.2, 0) is 0 Å². The quantitative estimate of drug-likeness (QED) is 0.663. The third-order valence-corrected chi connectivity index (χ3v) is 3.18. The number of nitrogens with one attached hydrogen (secondary N) is 1. The molecule has 0 radical (unpaired) electrons. The van der Waals surface area contributed by atoms with E-state index >= 15 is 0 Å². The van der Waals surface area contributed by atoms with Crippen molar-refractivity contribution in [1.82, 2.24) is 4.90 Å². The normalized spacial score (nSPS) is 17.7. The summed E-state index contributed by atoms with van der Waals surface area (Å²) < 4.78 is 13.3. The van der Waals surface area contributed by atoms with E-state index in [0.29, 0.717) is 5.69 Å². The lowest BCUT2D eigenvalue weighted by Crippen LogP contribution is -2.36. The molecule has 6 heteroatoms. The fourth-order valence-corrected chi connectivity index (χ4v) is 2.15. The molecule has 1 fully saturated rings. The van der Waals surface area contributed by atoms with Crippen LogP contribution in [-0.4, -0.2) is 36.0 Å². The third kappa shape index (κ3) is 3.16. The minimum atomic E-state index is -0.584. The number of nitro groups is 1. The van der Waals surface area contributed by atoms with Crippen molar-refractivity contribution in [3.8, 4) is 0 Å². The Morgan fingerprint density at radius 1 is 1.39 bits per heavy atom. The van der Waals surface area contributed by atoms with Crippen molar-refractivity contribution < 1.29 is 9.31 Å². The van der Waals surface area contributed by atoms with Gasteiger partial charge in [-0.05, 0) is 39.0 Å². The average molecular weight is 253 g/mol. The van der Waals surface area contributed by atoms with Crippen molar-refractivity contribution in [2.45, 2.75) is 18.9 Å². The Hall–Kier alpha value is -1.69. The Kier molecular flexibility index (Phi) is 3.76. The second-order valence-electron chi connectivity index (χ2n) is 4.68. The minimum Gasteiger partial charge on any atom is -0.382 e. The van der Waals surface area contributed by atoms with Gasteiger partial charge < -0.3 is 10.2 Å². The molecule has 1 N–H and O–H groups in total. The molecular weight excluding hydrogens is 237 g/mol. The maximum absolute atomic E-state index is 13.3. The van der Waals surface area contributed by atoms with Crippen LogP contribution in [0.4, 0.5) is 15.8 Å². The van der Waals surface area contributed by atoms with Gasteiger partial charge in [-0.2, -0.15) is 0 Å². The van der Waals surface area contributed by atoms with Gasteiger partial charge in [0.1, 0.15) is 5.82 Å². The summed E-state index contributed by atoms with van der Waals surface area (Å²) in [6.45, 7) is 1.96. The van der Waals surface area contributed by atoms with Crippen molar-refractivity contribution >= 4 is 11.4 Å². The van der Waals surface area contributed by atoms with Crippen LogP contribution in [0.5, 0.6) is 0 Å². The zero-order valence-electron chi connectivity index (χ0n) is 10.2. The number of nitro benzene ring substituents is 1. The first-order valence-corrected chi connectivity index (χ1v) is 5.94. The van der Waals surface area contributed by atoms with E-state index in [0.717, 1.165) is 32.0 Å². The molecule has 18 heavy (non-hydrogen) atoms. The summed E-state index contributed by atoms with van der Waals surface area (Å²) in [5.74, 6) is -0.584. The molecule has 2 rings (SSSR count). The Morgan fingerprint density at radius 2 is 2.06 bits per heavy atom. The molecule has 98 valence electrons. The first-order chi connectivity index (χ1) is 8.54. The largest absolute Gasteiger partial charge is 0.382 e. The van der Waals surface area contributed by atoms with Gasteiger partial charge in [-0.1, -0.05) is 0 Å². The van der Waals surface area contributed by atoms with Gasteiger partial charge in [0.2, 0.25) is 0 Å². The Labute approximate surface area is 105 Å². The van der Waals surface area contributed by atoms with E-state index in [1.165, 1.54) is 12.1 Å². The van der Waals surface area contributed by atoms with Crippen LogP contribution < -0.4 is 5.32 Å². The highest BCUT2D eigenvalue weighted by molar-refractivity contribution is 5.52. The number of anilines is 1. The van der Waals surface area contributed by atoms with Gasteiger partial charge in [0, 0.05) is 17.8 Å². The third-order valence-electron chi connectivity index (χ3n) is 3.18. The molecule has 0 aliphatic carbocycles. The predicted molar refractivity (Wildman–Crippen MR) is 67.2 cm³/mol. The first-order valence-electron chi connectivity index (χ1n) is 5.94. The van der Waals surface area contributed by atoms with Crippen LogP contribution >= 0.6 is 0 Å². The molecule has 1 aliphatic rings. The zero-order valence-corrected chi connectivity index (χ0v) is 10.2. The van der Waals surface area contributed by atoms with Gasteiger partial charge >= 0.3 is 0 Å². The summed E-state index contributed by atoms with van der Waals surface area (Å²) in [6.07, 6.45) is 1.92. The number of non-ortho nitro benzene ring substituents is 1. The van der Waals surface area contributed by atoms with E-state index in [-0.39, 0.29) is 11.7 Å². The van der Waals surface area contributed by atoms with Crippen LogP contribution in [0.2, 0.25) is 0 Å². The van der Waals surface area contributed by atoms with E-state index < -0.39 is 10.7 Å². The summed E-state index contributed by atoms with van der Waals surface area (Å²) in [5.41, 5.74) is 0.265. The summed E-state index contributed by atoms with van der Waals surface area (Å²) in [5, 5.41) is 13.8. The number of nitrogens with zero attached hydrogens (tertiary/aromatic N) is 2. The highest BCUT2D eigenvalue weighted by Gasteiger charge is 2.17. The van der Waals surface area contributed by atoms with Crippen LogP contribution in [0.3, 0.4) is 0 Å². The van der Waals surface area contributed by atoms with Gasteiger partial charge in [0.15, 0.2) is 0 Å². The lowest BCUT2D eigenvalue weighted by Gasteiger charge is -2.30. The van der Waals surface area contributed by atoms with Gasteiger partial charge in [0.05, 0.1) is 11.0 Å². The Morgan fingerprint density at radius 3 is 2.67 bits per heavy atom. The SMILES string of the molecule is CN1CCC(Nc2cc(F)cc([N+](=O)[O-])c2)CC1. The second-order valence-corrected chi connectivity index (χ2v) is 4.68. The van der Waals surface area contributed by atoms with E-state index in [1.54, 1.807) is 0 Å². The summed E-state index contributed by atoms with van der Waals surface area (Å²) >= 11 is 0. The zero-order chi connectivity index (χ0) is 13.1. The van der Waals surface area contributed by atoms with Gasteiger partial charge in [0.25, 0.3) is 5.69 Å². The number of rotatable bonds is 3. The number of piperidine rings is 1. The fourth-order valence-electron chi connectivity index (χ4n) is 2.15. The van der Waals surface area contributed by atoms with E-state index in [4.69, 9.17) is 0 Å². The number of benzene rings is 1. The van der Waals surface area contributed by atoms with Crippen molar-refractivity contribution in [2.75, 3.05) is 25.5 Å². The first kappa shape index (κ1) is 12.8. The lowest BCUT2D eigenvalue weighted by molar-refractivity contribution is -0.385. The summed E-state index contributed by atoms with van der Waals surface area (Å²) in [6, 6.07) is 3.86. The molecule has 0 bridgehead atoms. The Balaban J connectivity index is 2.07. The summed E-state index contributed by atoms with van der Waals surface area (Å²) in [7, 11) is 2.06. The van der Waals surface area contributed by atoms with Gasteiger partial charge in [-0.3, -0.25) is 10.1 Å². The molecule has 1 aromatic rings. The number of halogens is 1. The molecule has 0 aromatic heterocycles. The molecule has 1 saturated heterocycles. The lowest BCUT2D eigenvalue weighted by atomic mass is 10.1. The molecule has 0 saturated carbocycles. The van der Waals surface area contributed by atoms with Gasteiger partial charge in [-0.15, -0.1) is 0 Å². The standard InChI is InChI=1S/C12H16FN3O2/c1-15-4-2-10(3-5-15)14-11-6-9(13)7-12(8-11)16(17)18/h6-8,10,14H,2-5H2,1H3. The highest BCUT2D eigenvalue weighted by Crippen LogP contribution is 2.22. The highest BCUT2D eigenvalue weighted by atomic mass is 19.1. The molecule has 1 heterocycles. The molecule has 1 aromatic carbocycles. The van der Waals surface area contributed by atoms with Crippen molar-refractivity contribution in [3.05, 3.63) is 34.1 Å².